The fourth-order valence-corrected chi connectivity index (χ4v) is 6.22. The number of aryl methyl sites for hydroxylation is 2. The zero-order chi connectivity index (χ0) is 19.7. The lowest BCUT2D eigenvalue weighted by Crippen LogP contribution is -2.55. The van der Waals surface area contributed by atoms with Gasteiger partial charge in [0, 0.05) is 32.2 Å². The first-order valence-corrected chi connectivity index (χ1v) is 12.1. The summed E-state index contributed by atoms with van der Waals surface area (Å²) in [4.78, 5) is 15.0. The third kappa shape index (κ3) is 3.98. The summed E-state index contributed by atoms with van der Waals surface area (Å²) in [7, 11) is -3.47. The fraction of sp³-hybridized carbons (Fsp3) is 0.667. The highest BCUT2D eigenvalue weighted by Crippen LogP contribution is 2.27. The molecule has 7 heteroatoms. The number of nitrogens with zero attached hydrogens (tertiary/aromatic N) is 2. The van der Waals surface area contributed by atoms with Crippen molar-refractivity contribution in [2.45, 2.75) is 68.8 Å². The Bertz CT molecular complexity index is 825. The Labute approximate surface area is 168 Å². The second-order valence-electron chi connectivity index (χ2n) is 8.39. The SMILES string of the molecule is C[C@H](C(=O)NC1CCCC1)N1CCN(S(=O)(=O)c2ccc3c(c2)CCC3)CC1. The van der Waals surface area contributed by atoms with Gasteiger partial charge in [-0.05, 0) is 62.3 Å². The minimum absolute atomic E-state index is 0.0711. The highest BCUT2D eigenvalue weighted by Gasteiger charge is 2.33. The van der Waals surface area contributed by atoms with Gasteiger partial charge in [-0.3, -0.25) is 9.69 Å². The molecule has 6 nitrogen and oxygen atoms in total. The average Bonchev–Trinajstić information content (AvgIpc) is 3.38. The first-order chi connectivity index (χ1) is 13.4. The van der Waals surface area contributed by atoms with Gasteiger partial charge in [0.25, 0.3) is 0 Å². The number of hydrogen-bond donors (Lipinski definition) is 1. The summed E-state index contributed by atoms with van der Waals surface area (Å²) in [6, 6.07) is 5.69. The predicted octanol–water partition coefficient (Wildman–Crippen LogP) is 1.93. The molecule has 1 heterocycles. The second kappa shape index (κ2) is 8.13. The van der Waals surface area contributed by atoms with Crippen molar-refractivity contribution in [1.82, 2.24) is 14.5 Å². The molecule has 1 atom stereocenters. The van der Waals surface area contributed by atoms with E-state index >= 15 is 0 Å². The van der Waals surface area contributed by atoms with E-state index in [0.29, 0.717) is 37.1 Å². The highest BCUT2D eigenvalue weighted by molar-refractivity contribution is 7.89. The molecule has 1 aliphatic heterocycles. The molecule has 1 aromatic carbocycles. The van der Waals surface area contributed by atoms with Crippen LogP contribution in [-0.2, 0) is 27.7 Å². The average molecular weight is 406 g/mol. The number of carbonyl (C=O) groups excluding carboxylic acids is 1. The van der Waals surface area contributed by atoms with Crippen LogP contribution in [0.15, 0.2) is 23.1 Å². The molecule has 1 saturated carbocycles. The number of sulfonamides is 1. The summed E-state index contributed by atoms with van der Waals surface area (Å²) >= 11 is 0. The van der Waals surface area contributed by atoms with Crippen molar-refractivity contribution in [3.8, 4) is 0 Å². The highest BCUT2D eigenvalue weighted by atomic mass is 32.2. The molecule has 0 radical (unpaired) electrons. The third-order valence-corrected chi connectivity index (χ3v) is 8.50. The number of amides is 1. The van der Waals surface area contributed by atoms with Gasteiger partial charge < -0.3 is 5.32 Å². The molecule has 2 fully saturated rings. The lowest BCUT2D eigenvalue weighted by Gasteiger charge is -2.37. The summed E-state index contributed by atoms with van der Waals surface area (Å²) in [5.74, 6) is 0.0711. The standard InChI is InChI=1S/C21H31N3O3S/c1-16(21(25)22-19-7-2-3-8-19)23-11-13-24(14-12-23)28(26,27)20-10-9-17-5-4-6-18(17)15-20/h9-10,15-16,19H,2-8,11-14H2,1H3,(H,22,25)/t16-/m1/s1. The minimum Gasteiger partial charge on any atom is -0.352 e. The minimum atomic E-state index is -3.47. The number of piperazine rings is 1. The number of benzene rings is 1. The van der Waals surface area contributed by atoms with Crippen LogP contribution >= 0.6 is 0 Å². The molecule has 2 aliphatic carbocycles. The van der Waals surface area contributed by atoms with E-state index in [1.807, 2.05) is 19.1 Å². The summed E-state index contributed by atoms with van der Waals surface area (Å²) in [5, 5.41) is 3.15. The van der Waals surface area contributed by atoms with Crippen LogP contribution in [-0.4, -0.2) is 61.8 Å². The zero-order valence-electron chi connectivity index (χ0n) is 16.7. The van der Waals surface area contributed by atoms with Crippen molar-refractivity contribution in [1.29, 1.82) is 0 Å². The number of rotatable bonds is 5. The van der Waals surface area contributed by atoms with Gasteiger partial charge >= 0.3 is 0 Å². The number of hydrogen-bond acceptors (Lipinski definition) is 4. The van der Waals surface area contributed by atoms with Gasteiger partial charge in [-0.2, -0.15) is 4.31 Å². The van der Waals surface area contributed by atoms with Crippen molar-refractivity contribution < 1.29 is 13.2 Å². The van der Waals surface area contributed by atoms with Crippen LogP contribution in [0.25, 0.3) is 0 Å². The predicted molar refractivity (Wildman–Crippen MR) is 109 cm³/mol. The molecule has 28 heavy (non-hydrogen) atoms. The van der Waals surface area contributed by atoms with Gasteiger partial charge in [-0.25, -0.2) is 8.42 Å². The Kier molecular flexibility index (Phi) is 5.76. The zero-order valence-corrected chi connectivity index (χ0v) is 17.5. The quantitative estimate of drug-likeness (QED) is 0.813. The summed E-state index contributed by atoms with van der Waals surface area (Å²) in [5.41, 5.74) is 2.46. The van der Waals surface area contributed by atoms with Gasteiger partial charge in [-0.1, -0.05) is 18.9 Å². The third-order valence-electron chi connectivity index (χ3n) is 6.61. The van der Waals surface area contributed by atoms with Crippen LogP contribution in [0.1, 0.15) is 50.2 Å². The maximum atomic E-state index is 13.1. The topological polar surface area (TPSA) is 69.7 Å². The van der Waals surface area contributed by atoms with Crippen molar-refractivity contribution in [3.05, 3.63) is 29.3 Å². The largest absolute Gasteiger partial charge is 0.352 e. The molecule has 154 valence electrons. The van der Waals surface area contributed by atoms with Crippen molar-refractivity contribution >= 4 is 15.9 Å². The summed E-state index contributed by atoms with van der Waals surface area (Å²) in [6.07, 6.45) is 7.67. The van der Waals surface area contributed by atoms with Crippen LogP contribution in [0.5, 0.6) is 0 Å². The molecule has 4 rings (SSSR count). The number of carbonyl (C=O) groups is 1. The Balaban J connectivity index is 1.36. The van der Waals surface area contributed by atoms with Gasteiger partial charge in [0.2, 0.25) is 15.9 Å². The van der Waals surface area contributed by atoms with E-state index < -0.39 is 10.0 Å². The smallest absolute Gasteiger partial charge is 0.243 e. The maximum absolute atomic E-state index is 13.1. The van der Waals surface area contributed by atoms with E-state index in [1.54, 1.807) is 10.4 Å². The lowest BCUT2D eigenvalue weighted by atomic mass is 10.1. The Morgan fingerprint density at radius 2 is 1.71 bits per heavy atom. The first-order valence-electron chi connectivity index (χ1n) is 10.6. The molecular weight excluding hydrogens is 374 g/mol. The Hall–Kier alpha value is -1.44. The molecular formula is C21H31N3O3S. The van der Waals surface area contributed by atoms with Crippen LogP contribution in [0, 0.1) is 0 Å². The Morgan fingerprint density at radius 3 is 2.43 bits per heavy atom. The van der Waals surface area contributed by atoms with Crippen molar-refractivity contribution in [3.63, 3.8) is 0 Å². The van der Waals surface area contributed by atoms with Crippen LogP contribution < -0.4 is 5.32 Å². The molecule has 0 aromatic heterocycles. The van der Waals surface area contributed by atoms with Crippen LogP contribution in [0.2, 0.25) is 0 Å². The molecule has 1 N–H and O–H groups in total. The Morgan fingerprint density at radius 1 is 1.04 bits per heavy atom. The van der Waals surface area contributed by atoms with E-state index in [2.05, 4.69) is 10.2 Å². The van der Waals surface area contributed by atoms with E-state index in [9.17, 15) is 13.2 Å². The van der Waals surface area contributed by atoms with E-state index in [4.69, 9.17) is 0 Å². The normalized spacial score (nSPS) is 22.9. The second-order valence-corrected chi connectivity index (χ2v) is 10.3. The van der Waals surface area contributed by atoms with Gasteiger partial charge in [0.1, 0.15) is 0 Å². The van der Waals surface area contributed by atoms with Gasteiger partial charge in [-0.15, -0.1) is 0 Å². The van der Waals surface area contributed by atoms with Crippen molar-refractivity contribution in [2.75, 3.05) is 26.2 Å². The number of nitrogens with one attached hydrogen (secondary N) is 1. The van der Waals surface area contributed by atoms with Gasteiger partial charge in [0.15, 0.2) is 0 Å². The molecule has 0 unspecified atom stereocenters. The fourth-order valence-electron chi connectivity index (χ4n) is 4.75. The first kappa shape index (κ1) is 19.9. The van der Waals surface area contributed by atoms with Gasteiger partial charge in [0.05, 0.1) is 10.9 Å². The molecule has 3 aliphatic rings. The maximum Gasteiger partial charge on any atom is 0.243 e. The van der Waals surface area contributed by atoms with Crippen molar-refractivity contribution in [2.24, 2.45) is 0 Å². The lowest BCUT2D eigenvalue weighted by molar-refractivity contribution is -0.127. The number of fused-ring (bicyclic) bond motifs is 1. The molecule has 0 spiro atoms. The van der Waals surface area contributed by atoms with E-state index in [-0.39, 0.29) is 11.9 Å². The molecule has 1 saturated heterocycles. The monoisotopic (exact) mass is 405 g/mol. The molecule has 1 amide bonds. The summed E-state index contributed by atoms with van der Waals surface area (Å²) in [6.45, 7) is 3.96. The molecule has 1 aromatic rings. The van der Waals surface area contributed by atoms with Crippen LogP contribution in [0.4, 0.5) is 0 Å². The van der Waals surface area contributed by atoms with E-state index in [0.717, 1.165) is 32.1 Å². The molecule has 0 bridgehead atoms. The summed E-state index contributed by atoms with van der Waals surface area (Å²) < 4.78 is 27.7. The van der Waals surface area contributed by atoms with Crippen LogP contribution in [0.3, 0.4) is 0 Å². The van der Waals surface area contributed by atoms with E-state index in [1.165, 1.54) is 24.0 Å².